The zero-order valence-corrected chi connectivity index (χ0v) is 20.0. The molecule has 0 aromatic heterocycles. The number of unbranched alkanes of at least 4 members (excludes halogenated alkanes) is 1. The number of carboxylic acid groups (broad SMARTS) is 1. The molecule has 7 heteroatoms. The zero-order valence-electron chi connectivity index (χ0n) is 20.0. The third kappa shape index (κ3) is 4.07. The number of alkyl carbamates (subject to hydrolysis) is 1. The average molecular weight is 477 g/mol. The maximum atomic E-state index is 13.5. The Bertz CT molecular complexity index is 1100. The van der Waals surface area contributed by atoms with Crippen molar-refractivity contribution >= 4 is 18.0 Å². The quantitative estimate of drug-likeness (QED) is 0.583. The largest absolute Gasteiger partial charge is 0.479 e. The summed E-state index contributed by atoms with van der Waals surface area (Å²) in [5, 5.41) is 12.6. The third-order valence-corrected chi connectivity index (χ3v) is 7.91. The van der Waals surface area contributed by atoms with Gasteiger partial charge in [0.1, 0.15) is 18.2 Å². The second-order valence-corrected chi connectivity index (χ2v) is 9.93. The summed E-state index contributed by atoms with van der Waals surface area (Å²) in [6.07, 6.45) is 3.54. The molecular weight excluding hydrogens is 444 g/mol. The number of fused-ring (bicyclic) bond motifs is 4. The van der Waals surface area contributed by atoms with Gasteiger partial charge in [0.25, 0.3) is 0 Å². The molecule has 0 radical (unpaired) electrons. The first-order valence-corrected chi connectivity index (χ1v) is 12.6. The van der Waals surface area contributed by atoms with Gasteiger partial charge < -0.3 is 20.1 Å². The number of piperidine rings is 1. The molecule has 3 aliphatic rings. The van der Waals surface area contributed by atoms with E-state index in [4.69, 9.17) is 4.74 Å². The van der Waals surface area contributed by atoms with Crippen LogP contribution in [0.5, 0.6) is 0 Å². The lowest BCUT2D eigenvalue weighted by Gasteiger charge is -2.36. The molecule has 1 heterocycles. The van der Waals surface area contributed by atoms with E-state index < -0.39 is 23.6 Å². The standard InChI is InChI=1S/C28H32N2O5/c1-2-3-14-24(25(31)30-15-8-9-18-16-28(18,30)26(32)33)29-27(34)35-17-23-21-12-6-4-10-19(21)20-11-5-7-13-22(20)23/h4-7,10-13,18,23-24H,2-3,8-9,14-17H2,1H3,(H,29,34)(H,32,33)/t18-,24?,28+/m0/s1. The fourth-order valence-electron chi connectivity index (χ4n) is 6.00. The minimum Gasteiger partial charge on any atom is -0.479 e. The summed E-state index contributed by atoms with van der Waals surface area (Å²) in [5.74, 6) is -1.30. The topological polar surface area (TPSA) is 95.9 Å². The van der Waals surface area contributed by atoms with Crippen molar-refractivity contribution in [2.45, 2.75) is 62.9 Å². The van der Waals surface area contributed by atoms with E-state index in [0.29, 0.717) is 19.4 Å². The number of hydrogen-bond acceptors (Lipinski definition) is 4. The van der Waals surface area contributed by atoms with Crippen LogP contribution in [0.25, 0.3) is 11.1 Å². The van der Waals surface area contributed by atoms with Crippen LogP contribution in [0.2, 0.25) is 0 Å². The molecule has 5 rings (SSSR count). The number of nitrogens with zero attached hydrogens (tertiary/aromatic N) is 1. The van der Waals surface area contributed by atoms with Crippen molar-refractivity contribution in [3.63, 3.8) is 0 Å². The Labute approximate surface area is 205 Å². The van der Waals surface area contributed by atoms with E-state index in [2.05, 4.69) is 29.6 Å². The van der Waals surface area contributed by atoms with Crippen LogP contribution in [0.1, 0.15) is 62.5 Å². The fourth-order valence-corrected chi connectivity index (χ4v) is 6.00. The lowest BCUT2D eigenvalue weighted by atomic mass is 9.98. The maximum absolute atomic E-state index is 13.5. The minimum absolute atomic E-state index is 0.0129. The second-order valence-electron chi connectivity index (χ2n) is 9.93. The van der Waals surface area contributed by atoms with E-state index in [-0.39, 0.29) is 24.3 Å². The van der Waals surface area contributed by atoms with Gasteiger partial charge in [-0.1, -0.05) is 68.3 Å². The average Bonchev–Trinajstić information content (AvgIpc) is 3.56. The third-order valence-electron chi connectivity index (χ3n) is 7.91. The lowest BCUT2D eigenvalue weighted by molar-refractivity contribution is -0.155. The molecule has 2 amide bonds. The molecule has 1 saturated heterocycles. The number of likely N-dealkylation sites (tertiary alicyclic amines) is 1. The van der Waals surface area contributed by atoms with E-state index in [1.54, 1.807) is 0 Å². The molecule has 2 fully saturated rings. The first kappa shape index (κ1) is 23.4. The summed E-state index contributed by atoms with van der Waals surface area (Å²) in [7, 11) is 0. The van der Waals surface area contributed by atoms with Gasteiger partial charge in [-0.15, -0.1) is 0 Å². The number of carboxylic acids is 1. The molecule has 0 spiro atoms. The van der Waals surface area contributed by atoms with Crippen molar-refractivity contribution in [1.29, 1.82) is 0 Å². The van der Waals surface area contributed by atoms with Crippen molar-refractivity contribution in [3.8, 4) is 11.1 Å². The van der Waals surface area contributed by atoms with E-state index in [9.17, 15) is 19.5 Å². The lowest BCUT2D eigenvalue weighted by Crippen LogP contribution is -2.57. The summed E-state index contributed by atoms with van der Waals surface area (Å²) in [5.41, 5.74) is 3.45. The van der Waals surface area contributed by atoms with Crippen LogP contribution >= 0.6 is 0 Å². The van der Waals surface area contributed by atoms with Crippen LogP contribution in [0.3, 0.4) is 0 Å². The van der Waals surface area contributed by atoms with Gasteiger partial charge in [-0.25, -0.2) is 9.59 Å². The molecule has 1 saturated carbocycles. The Balaban J connectivity index is 1.28. The molecule has 0 bridgehead atoms. The number of benzene rings is 2. The van der Waals surface area contributed by atoms with Crippen LogP contribution in [-0.4, -0.2) is 52.7 Å². The summed E-state index contributed by atoms with van der Waals surface area (Å²) in [4.78, 5) is 39.9. The Morgan fingerprint density at radius 3 is 2.40 bits per heavy atom. The van der Waals surface area contributed by atoms with E-state index in [1.165, 1.54) is 4.90 Å². The molecule has 7 nitrogen and oxygen atoms in total. The highest BCUT2D eigenvalue weighted by Crippen LogP contribution is 2.54. The van der Waals surface area contributed by atoms with Crippen LogP contribution < -0.4 is 5.32 Å². The summed E-state index contributed by atoms with van der Waals surface area (Å²) < 4.78 is 5.66. The molecule has 2 aromatic rings. The number of carbonyl (C=O) groups is 3. The monoisotopic (exact) mass is 476 g/mol. The van der Waals surface area contributed by atoms with Gasteiger partial charge in [-0.05, 0) is 53.9 Å². The van der Waals surface area contributed by atoms with Crippen molar-refractivity contribution in [1.82, 2.24) is 10.2 Å². The van der Waals surface area contributed by atoms with Gasteiger partial charge in [0, 0.05) is 12.5 Å². The Morgan fingerprint density at radius 2 is 1.77 bits per heavy atom. The predicted molar refractivity (Wildman–Crippen MR) is 131 cm³/mol. The molecule has 2 aliphatic carbocycles. The molecular formula is C28H32N2O5. The number of rotatable bonds is 8. The molecule has 3 atom stereocenters. The highest BCUT2D eigenvalue weighted by atomic mass is 16.5. The van der Waals surface area contributed by atoms with Crippen LogP contribution in [0, 0.1) is 5.92 Å². The molecule has 35 heavy (non-hydrogen) atoms. The molecule has 2 aromatic carbocycles. The molecule has 2 N–H and O–H groups in total. The second kappa shape index (κ2) is 9.36. The van der Waals surface area contributed by atoms with Gasteiger partial charge >= 0.3 is 12.1 Å². The highest BCUT2D eigenvalue weighted by molar-refractivity contribution is 5.94. The normalized spacial score (nSPS) is 23.0. The van der Waals surface area contributed by atoms with Crippen molar-refractivity contribution in [2.24, 2.45) is 5.92 Å². The summed E-state index contributed by atoms with van der Waals surface area (Å²) >= 11 is 0. The maximum Gasteiger partial charge on any atom is 0.407 e. The Kier molecular flexibility index (Phi) is 6.26. The van der Waals surface area contributed by atoms with Crippen LogP contribution in [0.4, 0.5) is 4.79 Å². The smallest absolute Gasteiger partial charge is 0.407 e. The summed E-state index contributed by atoms with van der Waals surface area (Å²) in [6.45, 7) is 2.60. The number of aliphatic carboxylic acids is 1. The SMILES string of the molecule is CCCCC(NC(=O)OCC1c2ccccc2-c2ccccc21)C(=O)N1CCC[C@H]2C[C@]21C(=O)O. The summed E-state index contributed by atoms with van der Waals surface area (Å²) in [6, 6.07) is 15.5. The number of ether oxygens (including phenoxy) is 1. The minimum atomic E-state index is -1.09. The Morgan fingerprint density at radius 1 is 1.11 bits per heavy atom. The number of amides is 2. The van der Waals surface area contributed by atoms with Crippen LogP contribution in [-0.2, 0) is 14.3 Å². The molecule has 184 valence electrons. The first-order chi connectivity index (χ1) is 17.0. The van der Waals surface area contributed by atoms with Gasteiger partial charge in [0.05, 0.1) is 0 Å². The van der Waals surface area contributed by atoms with E-state index in [1.807, 2.05) is 31.2 Å². The van der Waals surface area contributed by atoms with Crippen molar-refractivity contribution < 1.29 is 24.2 Å². The fraction of sp³-hybridized carbons (Fsp3) is 0.464. The zero-order chi connectivity index (χ0) is 24.6. The van der Waals surface area contributed by atoms with Crippen molar-refractivity contribution in [3.05, 3.63) is 59.7 Å². The van der Waals surface area contributed by atoms with E-state index >= 15 is 0 Å². The highest BCUT2D eigenvalue weighted by Gasteiger charge is 2.67. The number of nitrogens with one attached hydrogen (secondary N) is 1. The molecule has 1 unspecified atom stereocenters. The van der Waals surface area contributed by atoms with E-state index in [0.717, 1.165) is 47.9 Å². The number of hydrogen-bond donors (Lipinski definition) is 2. The predicted octanol–water partition coefficient (Wildman–Crippen LogP) is 4.55. The van der Waals surface area contributed by atoms with Crippen LogP contribution in [0.15, 0.2) is 48.5 Å². The van der Waals surface area contributed by atoms with Gasteiger partial charge in [0.15, 0.2) is 0 Å². The van der Waals surface area contributed by atoms with Gasteiger partial charge in [-0.3, -0.25) is 4.79 Å². The first-order valence-electron chi connectivity index (χ1n) is 12.6. The van der Waals surface area contributed by atoms with Gasteiger partial charge in [0.2, 0.25) is 5.91 Å². The molecule has 1 aliphatic heterocycles. The Hall–Kier alpha value is -3.35. The number of carbonyl (C=O) groups excluding carboxylic acids is 2. The van der Waals surface area contributed by atoms with Gasteiger partial charge in [-0.2, -0.15) is 0 Å². The van der Waals surface area contributed by atoms with Crippen molar-refractivity contribution in [2.75, 3.05) is 13.2 Å².